The van der Waals surface area contributed by atoms with E-state index in [4.69, 9.17) is 11.1 Å². The molecule has 0 fully saturated rings. The number of hydrogen-bond donors (Lipinski definition) is 2. The maximum atomic E-state index is 7.47. The largest absolute Gasteiger partial charge is 0.384 e. The van der Waals surface area contributed by atoms with Gasteiger partial charge in [-0.25, -0.2) is 4.98 Å². The van der Waals surface area contributed by atoms with E-state index in [0.717, 1.165) is 10.1 Å². The molecule has 0 aliphatic heterocycles. The zero-order chi connectivity index (χ0) is 11.5. The van der Waals surface area contributed by atoms with Gasteiger partial charge in [0.25, 0.3) is 0 Å². The van der Waals surface area contributed by atoms with Crippen LogP contribution in [0.15, 0.2) is 40.9 Å². The lowest BCUT2D eigenvalue weighted by atomic mass is 10.2. The van der Waals surface area contributed by atoms with E-state index in [2.05, 4.69) is 9.97 Å². The molecule has 5 nitrogen and oxygen atoms in total. The van der Waals surface area contributed by atoms with E-state index in [1.54, 1.807) is 24.7 Å². The minimum absolute atomic E-state index is 0.0408. The van der Waals surface area contributed by atoms with E-state index < -0.39 is 0 Å². The number of aromatic nitrogens is 3. The first-order valence-electron chi connectivity index (χ1n) is 4.62. The Kier molecular flexibility index (Phi) is 2.91. The Labute approximate surface area is 97.2 Å². The molecule has 0 aliphatic carbocycles. The number of nitrogens with two attached hydrogens (primary N) is 1. The summed E-state index contributed by atoms with van der Waals surface area (Å²) in [5.41, 5.74) is 6.18. The number of aryl methyl sites for hydroxylation is 1. The van der Waals surface area contributed by atoms with Crippen LogP contribution in [-0.4, -0.2) is 20.4 Å². The molecule has 3 N–H and O–H groups in total. The van der Waals surface area contributed by atoms with E-state index in [0.29, 0.717) is 5.56 Å². The number of imidazole rings is 1. The van der Waals surface area contributed by atoms with Crippen molar-refractivity contribution in [1.82, 2.24) is 14.5 Å². The van der Waals surface area contributed by atoms with Crippen molar-refractivity contribution in [3.63, 3.8) is 0 Å². The fourth-order valence-electron chi connectivity index (χ4n) is 1.23. The molecular formula is C10H11N5S. The van der Waals surface area contributed by atoms with Crippen molar-refractivity contribution in [3.05, 3.63) is 36.4 Å². The third-order valence-electron chi connectivity index (χ3n) is 2.05. The number of amidine groups is 1. The Morgan fingerprint density at radius 2 is 2.31 bits per heavy atom. The lowest BCUT2D eigenvalue weighted by Gasteiger charge is -2.06. The van der Waals surface area contributed by atoms with Gasteiger partial charge in [0.05, 0.1) is 0 Å². The van der Waals surface area contributed by atoms with Crippen molar-refractivity contribution < 1.29 is 0 Å². The smallest absolute Gasteiger partial charge is 0.172 e. The molecule has 0 aliphatic rings. The predicted molar refractivity (Wildman–Crippen MR) is 62.6 cm³/mol. The van der Waals surface area contributed by atoms with Crippen LogP contribution in [0.5, 0.6) is 0 Å². The van der Waals surface area contributed by atoms with E-state index in [1.165, 1.54) is 11.8 Å². The van der Waals surface area contributed by atoms with Crippen molar-refractivity contribution >= 4 is 17.6 Å². The zero-order valence-corrected chi connectivity index (χ0v) is 9.53. The number of hydrogen-bond acceptors (Lipinski definition) is 4. The highest BCUT2D eigenvalue weighted by molar-refractivity contribution is 7.99. The van der Waals surface area contributed by atoms with E-state index >= 15 is 0 Å². The van der Waals surface area contributed by atoms with Crippen LogP contribution in [-0.2, 0) is 7.05 Å². The molecule has 2 rings (SSSR count). The molecule has 2 aromatic rings. The van der Waals surface area contributed by atoms with Crippen LogP contribution in [0.1, 0.15) is 5.56 Å². The first-order chi connectivity index (χ1) is 7.68. The molecule has 0 saturated heterocycles. The fourth-order valence-corrected chi connectivity index (χ4v) is 2.15. The van der Waals surface area contributed by atoms with Crippen molar-refractivity contribution in [1.29, 1.82) is 5.41 Å². The van der Waals surface area contributed by atoms with Crippen LogP contribution in [0, 0.1) is 5.41 Å². The van der Waals surface area contributed by atoms with Crippen molar-refractivity contribution in [2.75, 3.05) is 0 Å². The van der Waals surface area contributed by atoms with Crippen LogP contribution in [0.4, 0.5) is 0 Å². The molecule has 6 heteroatoms. The lowest BCUT2D eigenvalue weighted by molar-refractivity contribution is 0.790. The Bertz CT molecular complexity index is 519. The van der Waals surface area contributed by atoms with Gasteiger partial charge in [-0.3, -0.25) is 10.4 Å². The van der Waals surface area contributed by atoms with E-state index in [-0.39, 0.29) is 5.84 Å². The second kappa shape index (κ2) is 4.36. The summed E-state index contributed by atoms with van der Waals surface area (Å²) in [7, 11) is 1.92. The molecule has 0 amide bonds. The first-order valence-corrected chi connectivity index (χ1v) is 5.43. The number of nitrogens with one attached hydrogen (secondary N) is 1. The van der Waals surface area contributed by atoms with Gasteiger partial charge < -0.3 is 10.3 Å². The summed E-state index contributed by atoms with van der Waals surface area (Å²) >= 11 is 1.44. The highest BCUT2D eigenvalue weighted by Gasteiger charge is 2.09. The predicted octanol–water partition coefficient (Wildman–Crippen LogP) is 1.25. The van der Waals surface area contributed by atoms with Gasteiger partial charge in [-0.05, 0) is 17.8 Å². The molecular weight excluding hydrogens is 222 g/mol. The highest BCUT2D eigenvalue weighted by Crippen LogP contribution is 2.27. The van der Waals surface area contributed by atoms with Crippen LogP contribution >= 0.6 is 11.8 Å². The molecule has 0 radical (unpaired) electrons. The molecule has 16 heavy (non-hydrogen) atoms. The Morgan fingerprint density at radius 1 is 1.50 bits per heavy atom. The maximum Gasteiger partial charge on any atom is 0.172 e. The van der Waals surface area contributed by atoms with Gasteiger partial charge in [0, 0.05) is 42.3 Å². The fraction of sp³-hybridized carbons (Fsp3) is 0.100. The molecule has 0 bridgehead atoms. The summed E-state index contributed by atoms with van der Waals surface area (Å²) in [6.07, 6.45) is 6.91. The Balaban J connectivity index is 2.35. The average molecular weight is 233 g/mol. The molecule has 82 valence electrons. The van der Waals surface area contributed by atoms with Gasteiger partial charge in [-0.15, -0.1) is 0 Å². The van der Waals surface area contributed by atoms with Crippen molar-refractivity contribution in [2.45, 2.75) is 10.1 Å². The number of rotatable bonds is 3. The minimum Gasteiger partial charge on any atom is -0.384 e. The quantitative estimate of drug-likeness (QED) is 0.617. The summed E-state index contributed by atoms with van der Waals surface area (Å²) in [6, 6.07) is 1.73. The molecule has 2 heterocycles. The number of nitrogen functional groups attached to an aromatic ring is 1. The van der Waals surface area contributed by atoms with Gasteiger partial charge in [-0.1, -0.05) is 0 Å². The average Bonchev–Trinajstić information content (AvgIpc) is 2.65. The summed E-state index contributed by atoms with van der Waals surface area (Å²) in [5.74, 6) is 0.0408. The van der Waals surface area contributed by atoms with Crippen molar-refractivity contribution in [3.8, 4) is 0 Å². The third kappa shape index (κ3) is 2.06. The van der Waals surface area contributed by atoms with Crippen LogP contribution in [0.3, 0.4) is 0 Å². The standard InChI is InChI=1S/C10H11N5S/c1-15-5-4-14-10(15)16-8-6-13-3-2-7(8)9(11)12/h2-6H,1H3,(H3,11,12). The normalized spacial score (nSPS) is 10.3. The van der Waals surface area contributed by atoms with Gasteiger partial charge in [0.1, 0.15) is 5.84 Å². The van der Waals surface area contributed by atoms with Crippen LogP contribution in [0.2, 0.25) is 0 Å². The molecule has 0 atom stereocenters. The number of nitrogens with zero attached hydrogens (tertiary/aromatic N) is 3. The van der Waals surface area contributed by atoms with Gasteiger partial charge in [0.2, 0.25) is 0 Å². The topological polar surface area (TPSA) is 80.6 Å². The summed E-state index contributed by atoms with van der Waals surface area (Å²) < 4.78 is 1.90. The Morgan fingerprint density at radius 3 is 2.94 bits per heavy atom. The summed E-state index contributed by atoms with van der Waals surface area (Å²) in [6.45, 7) is 0. The summed E-state index contributed by atoms with van der Waals surface area (Å²) in [5, 5.41) is 8.31. The molecule has 0 spiro atoms. The lowest BCUT2D eigenvalue weighted by Crippen LogP contribution is -2.12. The summed E-state index contributed by atoms with van der Waals surface area (Å²) in [4.78, 5) is 9.06. The molecule has 0 saturated carbocycles. The SMILES string of the molecule is Cn1ccnc1Sc1cnccc1C(=N)N. The monoisotopic (exact) mass is 233 g/mol. The highest BCUT2D eigenvalue weighted by atomic mass is 32.2. The van der Waals surface area contributed by atoms with Crippen LogP contribution < -0.4 is 5.73 Å². The van der Waals surface area contributed by atoms with Crippen LogP contribution in [0.25, 0.3) is 0 Å². The molecule has 0 unspecified atom stereocenters. The number of pyridine rings is 1. The third-order valence-corrected chi connectivity index (χ3v) is 3.17. The maximum absolute atomic E-state index is 7.47. The van der Waals surface area contributed by atoms with Gasteiger partial charge >= 0.3 is 0 Å². The van der Waals surface area contributed by atoms with Gasteiger partial charge in [0.15, 0.2) is 5.16 Å². The van der Waals surface area contributed by atoms with E-state index in [1.807, 2.05) is 17.8 Å². The molecule has 0 aromatic carbocycles. The molecule has 2 aromatic heterocycles. The Hall–Kier alpha value is -1.82. The second-order valence-electron chi connectivity index (χ2n) is 3.21. The second-order valence-corrected chi connectivity index (χ2v) is 4.22. The van der Waals surface area contributed by atoms with E-state index in [9.17, 15) is 0 Å². The van der Waals surface area contributed by atoms with Gasteiger partial charge in [-0.2, -0.15) is 0 Å². The van der Waals surface area contributed by atoms with Crippen molar-refractivity contribution in [2.24, 2.45) is 12.8 Å². The first kappa shape index (κ1) is 10.7. The minimum atomic E-state index is 0.0408. The zero-order valence-electron chi connectivity index (χ0n) is 8.71.